The standard InChI is InChI=1S/C21H34N4O2S2.HI/c1-17(2)20-16-24(13-14-28-20)21(22-3)23-15-18-9-11-25(12-10-18)29(26,27)19-7-5-4-6-8-19;/h4-8,17-18,20H,9-16H2,1-3H3,(H,22,23);1H. The molecular formula is C21H35IN4O2S2. The number of sulfonamides is 1. The van der Waals surface area contributed by atoms with Gasteiger partial charge in [-0.25, -0.2) is 8.42 Å². The molecule has 2 aliphatic heterocycles. The van der Waals surface area contributed by atoms with Gasteiger partial charge in [0.1, 0.15) is 0 Å². The normalized spacial score (nSPS) is 22.1. The Balaban J connectivity index is 0.00000320. The molecule has 2 aliphatic rings. The van der Waals surface area contributed by atoms with E-state index in [0.29, 0.717) is 35.1 Å². The lowest BCUT2D eigenvalue weighted by molar-refractivity contribution is 0.271. The third-order valence-electron chi connectivity index (χ3n) is 5.85. The summed E-state index contributed by atoms with van der Waals surface area (Å²) < 4.78 is 27.2. The van der Waals surface area contributed by atoms with E-state index >= 15 is 0 Å². The van der Waals surface area contributed by atoms with Crippen LogP contribution in [0.25, 0.3) is 0 Å². The third-order valence-corrected chi connectivity index (χ3v) is 9.30. The molecule has 1 aromatic carbocycles. The molecule has 2 heterocycles. The first-order valence-electron chi connectivity index (χ1n) is 10.5. The van der Waals surface area contributed by atoms with Crippen LogP contribution in [0.2, 0.25) is 0 Å². The summed E-state index contributed by atoms with van der Waals surface area (Å²) in [5, 5.41) is 4.20. The number of guanidine groups is 1. The van der Waals surface area contributed by atoms with Crippen LogP contribution in [-0.2, 0) is 10.0 Å². The van der Waals surface area contributed by atoms with Crippen molar-refractivity contribution < 1.29 is 8.42 Å². The van der Waals surface area contributed by atoms with Gasteiger partial charge in [-0.05, 0) is 36.8 Å². The topological polar surface area (TPSA) is 65.0 Å². The lowest BCUT2D eigenvalue weighted by Crippen LogP contribution is -2.50. The van der Waals surface area contributed by atoms with Crippen LogP contribution in [-0.4, -0.2) is 74.4 Å². The highest BCUT2D eigenvalue weighted by Gasteiger charge is 2.30. The molecule has 1 aromatic rings. The number of piperidine rings is 1. The first kappa shape index (κ1) is 25.7. The van der Waals surface area contributed by atoms with E-state index in [-0.39, 0.29) is 24.0 Å². The maximum Gasteiger partial charge on any atom is 0.243 e. The lowest BCUT2D eigenvalue weighted by Gasteiger charge is -2.37. The van der Waals surface area contributed by atoms with Crippen molar-refractivity contribution in [1.29, 1.82) is 0 Å². The Hall–Kier alpha value is -0.520. The highest BCUT2D eigenvalue weighted by Crippen LogP contribution is 2.26. The zero-order valence-electron chi connectivity index (χ0n) is 18.2. The fourth-order valence-corrected chi connectivity index (χ4v) is 6.72. The average molecular weight is 567 g/mol. The largest absolute Gasteiger partial charge is 0.356 e. The molecule has 6 nitrogen and oxygen atoms in total. The molecule has 1 unspecified atom stereocenters. The van der Waals surface area contributed by atoms with Crippen LogP contribution in [0.15, 0.2) is 40.2 Å². The zero-order valence-corrected chi connectivity index (χ0v) is 22.1. The van der Waals surface area contributed by atoms with Crippen molar-refractivity contribution in [1.82, 2.24) is 14.5 Å². The second kappa shape index (κ2) is 11.9. The second-order valence-corrected chi connectivity index (χ2v) is 11.5. The van der Waals surface area contributed by atoms with Crippen molar-refractivity contribution in [3.63, 3.8) is 0 Å². The predicted molar refractivity (Wildman–Crippen MR) is 137 cm³/mol. The van der Waals surface area contributed by atoms with Crippen molar-refractivity contribution in [2.45, 2.75) is 36.8 Å². The maximum atomic E-state index is 12.8. The van der Waals surface area contributed by atoms with Crippen LogP contribution in [0.5, 0.6) is 0 Å². The summed E-state index contributed by atoms with van der Waals surface area (Å²) >= 11 is 2.06. The summed E-state index contributed by atoms with van der Waals surface area (Å²) in [5.41, 5.74) is 0. The maximum absolute atomic E-state index is 12.8. The lowest BCUT2D eigenvalue weighted by atomic mass is 9.98. The number of nitrogens with one attached hydrogen (secondary N) is 1. The van der Waals surface area contributed by atoms with Gasteiger partial charge in [-0.3, -0.25) is 4.99 Å². The highest BCUT2D eigenvalue weighted by atomic mass is 127. The number of hydrogen-bond acceptors (Lipinski definition) is 4. The Morgan fingerprint density at radius 1 is 1.20 bits per heavy atom. The van der Waals surface area contributed by atoms with Gasteiger partial charge in [-0.1, -0.05) is 32.0 Å². The fraction of sp³-hybridized carbons (Fsp3) is 0.667. The van der Waals surface area contributed by atoms with Gasteiger partial charge >= 0.3 is 0 Å². The van der Waals surface area contributed by atoms with E-state index in [9.17, 15) is 8.42 Å². The van der Waals surface area contributed by atoms with E-state index < -0.39 is 10.0 Å². The molecule has 30 heavy (non-hydrogen) atoms. The second-order valence-electron chi connectivity index (χ2n) is 8.19. The first-order valence-corrected chi connectivity index (χ1v) is 13.0. The van der Waals surface area contributed by atoms with Gasteiger partial charge in [-0.15, -0.1) is 24.0 Å². The van der Waals surface area contributed by atoms with Gasteiger partial charge in [0.05, 0.1) is 4.90 Å². The number of aliphatic imine (C=N–C) groups is 1. The summed E-state index contributed by atoms with van der Waals surface area (Å²) in [6.07, 6.45) is 1.75. The van der Waals surface area contributed by atoms with Gasteiger partial charge in [0.15, 0.2) is 5.96 Å². The molecule has 0 aromatic heterocycles. The van der Waals surface area contributed by atoms with Crippen LogP contribution < -0.4 is 5.32 Å². The van der Waals surface area contributed by atoms with Crippen LogP contribution in [0.3, 0.4) is 0 Å². The smallest absolute Gasteiger partial charge is 0.243 e. The van der Waals surface area contributed by atoms with Crippen molar-refractivity contribution in [2.24, 2.45) is 16.8 Å². The van der Waals surface area contributed by atoms with Gasteiger partial charge in [-0.2, -0.15) is 16.1 Å². The molecular weight excluding hydrogens is 531 g/mol. The summed E-state index contributed by atoms with van der Waals surface area (Å²) in [4.78, 5) is 7.26. The molecule has 3 rings (SSSR count). The van der Waals surface area contributed by atoms with Gasteiger partial charge in [0.2, 0.25) is 10.0 Å². The average Bonchev–Trinajstić information content (AvgIpc) is 2.75. The molecule has 0 aliphatic carbocycles. The Kier molecular flexibility index (Phi) is 10.2. The Labute approximate surface area is 203 Å². The van der Waals surface area contributed by atoms with E-state index in [1.54, 1.807) is 28.6 Å². The SMILES string of the molecule is CN=C(NCC1CCN(S(=O)(=O)c2ccccc2)CC1)N1CCSC(C(C)C)C1.I. The molecule has 0 amide bonds. The number of rotatable bonds is 5. The molecule has 2 fully saturated rings. The molecule has 0 saturated carbocycles. The summed E-state index contributed by atoms with van der Waals surface area (Å²) in [7, 11) is -1.52. The number of thioether (sulfide) groups is 1. The number of benzene rings is 1. The molecule has 0 spiro atoms. The first-order chi connectivity index (χ1) is 13.9. The number of hydrogen-bond donors (Lipinski definition) is 1. The van der Waals surface area contributed by atoms with E-state index in [1.807, 2.05) is 13.1 Å². The monoisotopic (exact) mass is 566 g/mol. The third kappa shape index (κ3) is 6.49. The minimum Gasteiger partial charge on any atom is -0.356 e. The Morgan fingerprint density at radius 2 is 1.87 bits per heavy atom. The van der Waals surface area contributed by atoms with Gasteiger partial charge in [0.25, 0.3) is 0 Å². The van der Waals surface area contributed by atoms with Crippen molar-refractivity contribution >= 4 is 51.7 Å². The van der Waals surface area contributed by atoms with Gasteiger partial charge in [0, 0.05) is 50.8 Å². The van der Waals surface area contributed by atoms with Gasteiger partial charge < -0.3 is 10.2 Å². The minimum atomic E-state index is -3.37. The molecule has 1 atom stereocenters. The zero-order chi connectivity index (χ0) is 20.9. The number of nitrogens with zero attached hydrogens (tertiary/aromatic N) is 3. The molecule has 0 bridgehead atoms. The van der Waals surface area contributed by atoms with E-state index in [1.165, 1.54) is 0 Å². The molecule has 1 N–H and O–H groups in total. The van der Waals surface area contributed by atoms with Crippen molar-refractivity contribution in [2.75, 3.05) is 45.5 Å². The minimum absolute atomic E-state index is 0. The van der Waals surface area contributed by atoms with E-state index in [4.69, 9.17) is 0 Å². The summed E-state index contributed by atoms with van der Waals surface area (Å²) in [6.45, 7) is 8.65. The number of halogens is 1. The molecule has 2 saturated heterocycles. The van der Waals surface area contributed by atoms with E-state index in [2.05, 4.69) is 40.8 Å². The van der Waals surface area contributed by atoms with Crippen LogP contribution in [0.1, 0.15) is 26.7 Å². The van der Waals surface area contributed by atoms with E-state index in [0.717, 1.165) is 44.2 Å². The quantitative estimate of drug-likeness (QED) is 0.337. The highest BCUT2D eigenvalue weighted by molar-refractivity contribution is 14.0. The summed E-state index contributed by atoms with van der Waals surface area (Å²) in [6, 6.07) is 8.74. The van der Waals surface area contributed by atoms with Crippen LogP contribution in [0.4, 0.5) is 0 Å². The molecule has 9 heteroatoms. The molecule has 170 valence electrons. The van der Waals surface area contributed by atoms with Crippen LogP contribution >= 0.6 is 35.7 Å². The Morgan fingerprint density at radius 3 is 2.47 bits per heavy atom. The predicted octanol–water partition coefficient (Wildman–Crippen LogP) is 3.35. The van der Waals surface area contributed by atoms with Crippen molar-refractivity contribution in [3.05, 3.63) is 30.3 Å². The van der Waals surface area contributed by atoms with Crippen LogP contribution in [0, 0.1) is 11.8 Å². The Bertz CT molecular complexity index is 781. The molecule has 0 radical (unpaired) electrons. The fourth-order valence-electron chi connectivity index (χ4n) is 3.93. The summed E-state index contributed by atoms with van der Waals surface area (Å²) in [5.74, 6) is 3.25. The van der Waals surface area contributed by atoms with Crippen molar-refractivity contribution in [3.8, 4) is 0 Å².